The lowest BCUT2D eigenvalue weighted by atomic mass is 10.0. The number of benzene rings is 2. The first kappa shape index (κ1) is 28.8. The Labute approximate surface area is 223 Å². The standard InChI is InChI=1S/C29H37N3O6/c1-20-27(34)32-25(18-22-13-7-4-8-14-22)29(36)38-23(15-9-10-16-37-2)19-26(33)31-24(28(35)30-20)17-21-11-5-3-6-12-21/h3-8,11-14,20,23-25H,9-10,15-19H2,1-2H3,(H,30,35)(H,31,33)(H,32,34)/t20-,23+,24-,25+/m0/s1. The molecule has 1 heterocycles. The summed E-state index contributed by atoms with van der Waals surface area (Å²) in [6.07, 6.45) is 1.52. The molecule has 4 atom stereocenters. The Bertz CT molecular complexity index is 1060. The third-order valence-corrected chi connectivity index (χ3v) is 6.39. The first-order chi connectivity index (χ1) is 18.4. The zero-order valence-corrected chi connectivity index (χ0v) is 22.0. The molecule has 0 radical (unpaired) electrons. The van der Waals surface area contributed by atoms with E-state index in [1.54, 1.807) is 7.11 Å². The van der Waals surface area contributed by atoms with Crippen LogP contribution in [-0.2, 0) is 41.5 Å². The average Bonchev–Trinajstić information content (AvgIpc) is 2.91. The molecule has 3 rings (SSSR count). The van der Waals surface area contributed by atoms with Gasteiger partial charge in [-0.2, -0.15) is 0 Å². The quantitative estimate of drug-likeness (QED) is 0.342. The van der Waals surface area contributed by atoms with Gasteiger partial charge in [0.1, 0.15) is 24.2 Å². The Kier molecular flexibility index (Phi) is 11.3. The molecule has 1 fully saturated rings. The lowest BCUT2D eigenvalue weighted by molar-refractivity contribution is -0.154. The molecule has 204 valence electrons. The van der Waals surface area contributed by atoms with Crippen LogP contribution in [0.15, 0.2) is 60.7 Å². The van der Waals surface area contributed by atoms with Crippen molar-refractivity contribution in [3.8, 4) is 0 Å². The van der Waals surface area contributed by atoms with E-state index in [2.05, 4.69) is 16.0 Å². The van der Waals surface area contributed by atoms with Gasteiger partial charge in [-0.3, -0.25) is 14.4 Å². The first-order valence-electron chi connectivity index (χ1n) is 13.0. The Morgan fingerprint density at radius 2 is 1.39 bits per heavy atom. The van der Waals surface area contributed by atoms with E-state index in [1.165, 1.54) is 6.92 Å². The summed E-state index contributed by atoms with van der Waals surface area (Å²) >= 11 is 0. The van der Waals surface area contributed by atoms with Gasteiger partial charge in [0.05, 0.1) is 6.42 Å². The van der Waals surface area contributed by atoms with E-state index in [1.807, 2.05) is 60.7 Å². The van der Waals surface area contributed by atoms with Crippen molar-refractivity contribution in [3.63, 3.8) is 0 Å². The summed E-state index contributed by atoms with van der Waals surface area (Å²) in [7, 11) is 1.61. The third-order valence-electron chi connectivity index (χ3n) is 6.39. The van der Waals surface area contributed by atoms with Crippen LogP contribution in [0.4, 0.5) is 0 Å². The lowest BCUT2D eigenvalue weighted by Crippen LogP contribution is -2.55. The number of hydrogen-bond acceptors (Lipinski definition) is 6. The predicted octanol–water partition coefficient (Wildman–Crippen LogP) is 2.08. The third kappa shape index (κ3) is 9.30. The molecule has 1 aliphatic rings. The Hall–Kier alpha value is -3.72. The van der Waals surface area contributed by atoms with Crippen LogP contribution in [0, 0.1) is 0 Å². The van der Waals surface area contributed by atoms with Gasteiger partial charge < -0.3 is 25.4 Å². The second kappa shape index (κ2) is 14.9. The summed E-state index contributed by atoms with van der Waals surface area (Å²) < 4.78 is 10.9. The van der Waals surface area contributed by atoms with Crippen LogP contribution in [0.25, 0.3) is 0 Å². The van der Waals surface area contributed by atoms with Crippen molar-refractivity contribution in [2.45, 2.75) is 69.7 Å². The maximum atomic E-state index is 13.3. The summed E-state index contributed by atoms with van der Waals surface area (Å²) in [6, 6.07) is 15.8. The number of carbonyl (C=O) groups excluding carboxylic acids is 4. The van der Waals surface area contributed by atoms with E-state index >= 15 is 0 Å². The van der Waals surface area contributed by atoms with Crippen molar-refractivity contribution >= 4 is 23.7 Å². The first-order valence-corrected chi connectivity index (χ1v) is 13.0. The molecular weight excluding hydrogens is 486 g/mol. The van der Waals surface area contributed by atoms with Gasteiger partial charge in [0.15, 0.2) is 0 Å². The van der Waals surface area contributed by atoms with Crippen molar-refractivity contribution in [2.24, 2.45) is 0 Å². The van der Waals surface area contributed by atoms with Crippen LogP contribution in [0.1, 0.15) is 43.7 Å². The van der Waals surface area contributed by atoms with Crippen LogP contribution in [0.3, 0.4) is 0 Å². The number of hydrogen-bond donors (Lipinski definition) is 3. The van der Waals surface area contributed by atoms with Crippen molar-refractivity contribution in [3.05, 3.63) is 71.8 Å². The van der Waals surface area contributed by atoms with E-state index in [-0.39, 0.29) is 19.3 Å². The summed E-state index contributed by atoms with van der Waals surface area (Å²) in [4.78, 5) is 52.5. The number of ether oxygens (including phenoxy) is 2. The number of nitrogens with one attached hydrogen (secondary N) is 3. The molecule has 0 unspecified atom stereocenters. The normalized spacial score (nSPS) is 23.1. The molecule has 38 heavy (non-hydrogen) atoms. The van der Waals surface area contributed by atoms with E-state index in [9.17, 15) is 19.2 Å². The minimum atomic E-state index is -0.977. The molecule has 9 nitrogen and oxygen atoms in total. The largest absolute Gasteiger partial charge is 0.460 e. The van der Waals surface area contributed by atoms with Crippen molar-refractivity contribution in [2.75, 3.05) is 13.7 Å². The van der Waals surface area contributed by atoms with Gasteiger partial charge in [-0.15, -0.1) is 0 Å². The highest BCUT2D eigenvalue weighted by Gasteiger charge is 2.32. The Balaban J connectivity index is 1.85. The van der Waals surface area contributed by atoms with Crippen molar-refractivity contribution < 1.29 is 28.7 Å². The van der Waals surface area contributed by atoms with Gasteiger partial charge in [0.2, 0.25) is 17.7 Å². The highest BCUT2D eigenvalue weighted by molar-refractivity contribution is 5.94. The van der Waals surface area contributed by atoms with Crippen LogP contribution in [-0.4, -0.2) is 61.6 Å². The fraction of sp³-hybridized carbons (Fsp3) is 0.448. The van der Waals surface area contributed by atoms with Gasteiger partial charge in [0, 0.05) is 26.6 Å². The van der Waals surface area contributed by atoms with Crippen molar-refractivity contribution in [1.29, 1.82) is 0 Å². The van der Waals surface area contributed by atoms with Crippen LogP contribution < -0.4 is 16.0 Å². The minimum Gasteiger partial charge on any atom is -0.460 e. The van der Waals surface area contributed by atoms with Gasteiger partial charge >= 0.3 is 5.97 Å². The molecule has 0 spiro atoms. The summed E-state index contributed by atoms with van der Waals surface area (Å²) in [5.74, 6) is -2.02. The fourth-order valence-corrected chi connectivity index (χ4v) is 4.31. The molecule has 3 N–H and O–H groups in total. The van der Waals surface area contributed by atoms with E-state index in [0.717, 1.165) is 17.5 Å². The van der Waals surface area contributed by atoms with E-state index in [0.29, 0.717) is 19.4 Å². The van der Waals surface area contributed by atoms with Crippen LogP contribution in [0.2, 0.25) is 0 Å². The zero-order valence-electron chi connectivity index (χ0n) is 22.0. The molecule has 9 heteroatoms. The number of amides is 3. The number of esters is 1. The highest BCUT2D eigenvalue weighted by Crippen LogP contribution is 2.14. The van der Waals surface area contributed by atoms with Gasteiger partial charge in [0.25, 0.3) is 0 Å². The van der Waals surface area contributed by atoms with Gasteiger partial charge in [-0.05, 0) is 37.3 Å². The van der Waals surface area contributed by atoms with Gasteiger partial charge in [-0.25, -0.2) is 4.79 Å². The molecule has 0 aliphatic carbocycles. The molecule has 0 aromatic heterocycles. The monoisotopic (exact) mass is 523 g/mol. The Morgan fingerprint density at radius 1 is 0.789 bits per heavy atom. The summed E-state index contributed by atoms with van der Waals surface area (Å²) in [5.41, 5.74) is 1.70. The minimum absolute atomic E-state index is 0.0984. The second-order valence-corrected chi connectivity index (χ2v) is 9.54. The highest BCUT2D eigenvalue weighted by atomic mass is 16.5. The smallest absolute Gasteiger partial charge is 0.329 e. The molecule has 0 bridgehead atoms. The molecule has 3 amide bonds. The van der Waals surface area contributed by atoms with Crippen LogP contribution >= 0.6 is 0 Å². The van der Waals surface area contributed by atoms with E-state index in [4.69, 9.17) is 9.47 Å². The topological polar surface area (TPSA) is 123 Å². The zero-order chi connectivity index (χ0) is 27.3. The maximum Gasteiger partial charge on any atom is 0.329 e. The molecule has 2 aromatic rings. The lowest BCUT2D eigenvalue weighted by Gasteiger charge is -2.23. The van der Waals surface area contributed by atoms with Crippen LogP contribution in [0.5, 0.6) is 0 Å². The molecule has 0 saturated carbocycles. The Morgan fingerprint density at radius 3 is 2.00 bits per heavy atom. The number of methoxy groups -OCH3 is 1. The molecule has 1 saturated heterocycles. The summed E-state index contributed by atoms with van der Waals surface area (Å²) in [5, 5.41) is 8.22. The number of cyclic esters (lactones) is 1. The average molecular weight is 524 g/mol. The SMILES string of the molecule is COCCCC[C@@H]1CC(=O)N[C@@H](Cc2ccccc2)C(=O)N[C@@H](C)C(=O)N[C@H](Cc2ccccc2)C(=O)O1. The van der Waals surface area contributed by atoms with Gasteiger partial charge in [-0.1, -0.05) is 60.7 Å². The number of unbranched alkanes of at least 4 members (excludes halogenated alkanes) is 1. The molecule has 1 aliphatic heterocycles. The second-order valence-electron chi connectivity index (χ2n) is 9.54. The molecular formula is C29H37N3O6. The predicted molar refractivity (Wildman–Crippen MR) is 142 cm³/mol. The number of carbonyl (C=O) groups is 4. The fourth-order valence-electron chi connectivity index (χ4n) is 4.31. The summed E-state index contributed by atoms with van der Waals surface area (Å²) in [6.45, 7) is 2.09. The van der Waals surface area contributed by atoms with E-state index < -0.39 is 47.9 Å². The van der Waals surface area contributed by atoms with Crippen molar-refractivity contribution in [1.82, 2.24) is 16.0 Å². The maximum absolute atomic E-state index is 13.3. The number of rotatable bonds is 9. The molecule has 2 aromatic carbocycles.